The van der Waals surface area contributed by atoms with Crippen LogP contribution in [0.4, 0.5) is 5.69 Å². The Morgan fingerprint density at radius 3 is 2.89 bits per heavy atom. The quantitative estimate of drug-likeness (QED) is 0.397. The van der Waals surface area contributed by atoms with Gasteiger partial charge in [0.1, 0.15) is 6.10 Å². The number of nitrogens with zero attached hydrogens (tertiary/aromatic N) is 3. The van der Waals surface area contributed by atoms with Crippen LogP contribution in [-0.4, -0.2) is 64.6 Å². The summed E-state index contributed by atoms with van der Waals surface area (Å²) in [6, 6.07) is 8.87. The first-order valence-electron chi connectivity index (χ1n) is 12.5. The van der Waals surface area contributed by atoms with Crippen LogP contribution in [-0.2, 0) is 16.6 Å². The van der Waals surface area contributed by atoms with Gasteiger partial charge in [0.25, 0.3) is 11.6 Å². The molecule has 8 heteroatoms. The van der Waals surface area contributed by atoms with Crippen molar-refractivity contribution in [3.8, 4) is 23.3 Å². The molecule has 4 aliphatic rings. The van der Waals surface area contributed by atoms with Crippen LogP contribution in [0, 0.1) is 34.8 Å². The molecule has 2 aliphatic heterocycles. The number of rotatable bonds is 2. The van der Waals surface area contributed by atoms with Crippen LogP contribution in [0.3, 0.4) is 0 Å². The maximum atomic E-state index is 13.2. The highest BCUT2D eigenvalue weighted by Gasteiger charge is 2.67. The van der Waals surface area contributed by atoms with Crippen LogP contribution in [0.1, 0.15) is 41.5 Å². The van der Waals surface area contributed by atoms with Gasteiger partial charge in [0.2, 0.25) is 0 Å². The first-order chi connectivity index (χ1) is 17.2. The van der Waals surface area contributed by atoms with Gasteiger partial charge in [-0.2, -0.15) is 0 Å². The van der Waals surface area contributed by atoms with Gasteiger partial charge >= 0.3 is 0 Å². The molecule has 1 spiro atoms. The van der Waals surface area contributed by atoms with E-state index in [9.17, 15) is 20.0 Å². The van der Waals surface area contributed by atoms with E-state index < -0.39 is 10.3 Å². The lowest BCUT2D eigenvalue weighted by Crippen LogP contribution is -2.68. The van der Waals surface area contributed by atoms with Crippen molar-refractivity contribution in [3.63, 3.8) is 0 Å². The Morgan fingerprint density at radius 2 is 2.14 bits per heavy atom. The van der Waals surface area contributed by atoms with Crippen molar-refractivity contribution in [1.82, 2.24) is 9.80 Å². The molecule has 1 saturated heterocycles. The number of piperidine rings is 1. The number of carbonyl (C=O) groups excluding carboxylic acids is 1. The summed E-state index contributed by atoms with van der Waals surface area (Å²) in [5.74, 6) is 5.91. The van der Waals surface area contributed by atoms with Gasteiger partial charge in [0.05, 0.1) is 17.0 Å². The molecule has 0 unspecified atom stereocenters. The number of nitro benzene ring substituents is 1. The number of benzene rings is 2. The molecule has 2 heterocycles. The molecule has 2 aromatic rings. The van der Waals surface area contributed by atoms with Crippen molar-refractivity contribution in [2.24, 2.45) is 5.92 Å². The van der Waals surface area contributed by atoms with Crippen LogP contribution in [0.15, 0.2) is 30.3 Å². The lowest BCUT2D eigenvalue weighted by atomic mass is 9.51. The molecule has 2 fully saturated rings. The summed E-state index contributed by atoms with van der Waals surface area (Å²) in [4.78, 5) is 28.8. The van der Waals surface area contributed by atoms with Crippen LogP contribution in [0.25, 0.3) is 0 Å². The van der Waals surface area contributed by atoms with Crippen molar-refractivity contribution in [2.75, 3.05) is 20.6 Å². The number of nitro groups is 1. The molecular weight excluding hydrogens is 458 g/mol. The summed E-state index contributed by atoms with van der Waals surface area (Å²) in [7, 11) is 3.85. The van der Waals surface area contributed by atoms with E-state index in [4.69, 9.17) is 4.74 Å². The summed E-state index contributed by atoms with van der Waals surface area (Å²) in [5.41, 5.74) is 2.85. The highest BCUT2D eigenvalue weighted by Crippen LogP contribution is 2.65. The number of carbonyl (C=O) groups is 1. The van der Waals surface area contributed by atoms with E-state index in [0.29, 0.717) is 17.7 Å². The van der Waals surface area contributed by atoms with Crippen LogP contribution >= 0.6 is 0 Å². The molecule has 1 amide bonds. The van der Waals surface area contributed by atoms with Crippen LogP contribution < -0.4 is 4.74 Å². The Hall–Kier alpha value is -3.57. The fraction of sp³-hybridized carbons (Fsp3) is 0.464. The molecule has 2 aliphatic carbocycles. The second-order valence-corrected chi connectivity index (χ2v) is 10.7. The second kappa shape index (κ2) is 7.97. The minimum atomic E-state index is -0.467. The van der Waals surface area contributed by atoms with Crippen molar-refractivity contribution >= 4 is 11.6 Å². The Kier molecular flexibility index (Phi) is 5.06. The molecule has 6 rings (SSSR count). The lowest BCUT2D eigenvalue weighted by Gasteiger charge is -2.59. The normalized spacial score (nSPS) is 29.4. The van der Waals surface area contributed by atoms with Gasteiger partial charge < -0.3 is 19.6 Å². The van der Waals surface area contributed by atoms with E-state index >= 15 is 0 Å². The third kappa shape index (κ3) is 3.09. The predicted octanol–water partition coefficient (Wildman–Crippen LogP) is 3.16. The van der Waals surface area contributed by atoms with Crippen LogP contribution in [0.2, 0.25) is 0 Å². The molecule has 1 N–H and O–H groups in total. The van der Waals surface area contributed by atoms with Gasteiger partial charge in [-0.05, 0) is 69.8 Å². The third-order valence-corrected chi connectivity index (χ3v) is 9.02. The topological polar surface area (TPSA) is 96.2 Å². The number of aryl methyl sites for hydroxylation is 1. The van der Waals surface area contributed by atoms with E-state index in [1.165, 1.54) is 6.07 Å². The van der Waals surface area contributed by atoms with Gasteiger partial charge in [-0.15, -0.1) is 0 Å². The molecule has 186 valence electrons. The fourth-order valence-electron chi connectivity index (χ4n) is 7.42. The fourth-order valence-corrected chi connectivity index (χ4v) is 7.42. The Bertz CT molecular complexity index is 1360. The zero-order valence-corrected chi connectivity index (χ0v) is 20.7. The van der Waals surface area contributed by atoms with E-state index in [1.54, 1.807) is 11.9 Å². The number of phenols is 1. The Morgan fingerprint density at radius 1 is 1.33 bits per heavy atom. The van der Waals surface area contributed by atoms with Crippen molar-refractivity contribution in [1.29, 1.82) is 0 Å². The van der Waals surface area contributed by atoms with E-state index in [1.807, 2.05) is 31.2 Å². The lowest BCUT2D eigenvalue weighted by molar-refractivity contribution is -0.385. The van der Waals surface area contributed by atoms with Gasteiger partial charge in [0, 0.05) is 41.1 Å². The molecule has 8 nitrogen and oxygen atoms in total. The highest BCUT2D eigenvalue weighted by atomic mass is 16.6. The largest absolute Gasteiger partial charge is 0.504 e. The molecule has 2 bridgehead atoms. The number of phenolic OH excluding ortho intramolecular Hbond substituents is 1. The summed E-state index contributed by atoms with van der Waals surface area (Å²) in [6.07, 6.45) is 2.58. The average molecular weight is 488 g/mol. The average Bonchev–Trinajstić information content (AvgIpc) is 3.20. The zero-order chi connectivity index (χ0) is 25.4. The number of aromatic hydroxyl groups is 1. The highest BCUT2D eigenvalue weighted by molar-refractivity contribution is 5.94. The van der Waals surface area contributed by atoms with Crippen molar-refractivity contribution in [3.05, 3.63) is 62.7 Å². The standard InChI is InChI=1S/C28H29N3O5/c1-16-5-4-6-17(13-16)7-10-24(33)30(3)20-9-8-19-22-14-18-21(31(34)35)15-23(32)26-25(18)28(19,27(20)36-26)11-12-29(22)2/h4-6,13,15,19-20,22,27,32H,8-9,11-12,14H2,1-3H3/t19-,20+,22+,27-,28-/m0/s1. The Balaban J connectivity index is 1.41. The third-order valence-electron chi connectivity index (χ3n) is 9.02. The summed E-state index contributed by atoms with van der Waals surface area (Å²) < 4.78 is 6.51. The number of ether oxygens (including phenoxy) is 1. The van der Waals surface area contributed by atoms with E-state index in [-0.39, 0.29) is 41.4 Å². The molecular formula is C28H29N3O5. The molecule has 2 aromatic carbocycles. The number of hydrogen-bond acceptors (Lipinski definition) is 6. The molecule has 0 radical (unpaired) electrons. The number of hydrogen-bond donors (Lipinski definition) is 1. The van der Waals surface area contributed by atoms with E-state index in [2.05, 4.69) is 23.8 Å². The van der Waals surface area contributed by atoms with E-state index in [0.717, 1.165) is 42.5 Å². The first kappa shape index (κ1) is 22.9. The monoisotopic (exact) mass is 487 g/mol. The number of likely N-dealkylation sites (N-methyl/N-ethyl adjacent to an activating group) is 2. The van der Waals surface area contributed by atoms with Gasteiger partial charge in [-0.25, -0.2) is 0 Å². The summed E-state index contributed by atoms with van der Waals surface area (Å²) in [6.45, 7) is 2.82. The van der Waals surface area contributed by atoms with Gasteiger partial charge in [-0.3, -0.25) is 14.9 Å². The first-order valence-corrected chi connectivity index (χ1v) is 12.5. The molecule has 1 saturated carbocycles. The minimum absolute atomic E-state index is 0.0378. The van der Waals surface area contributed by atoms with Crippen molar-refractivity contribution in [2.45, 2.75) is 56.2 Å². The summed E-state index contributed by atoms with van der Waals surface area (Å²) in [5, 5.41) is 22.8. The smallest absolute Gasteiger partial charge is 0.298 e. The SMILES string of the molecule is Cc1cccc(C#CC(=O)N(C)[C@@H]2CC[C@H]3[C@H]4Cc5c([N+](=O)[O-])cc(O)c6c5[C@@]3(CCN4C)[C@H]2O6)c1. The summed E-state index contributed by atoms with van der Waals surface area (Å²) >= 11 is 0. The molecule has 0 aromatic heterocycles. The minimum Gasteiger partial charge on any atom is -0.504 e. The van der Waals surface area contributed by atoms with Gasteiger partial charge in [-0.1, -0.05) is 18.1 Å². The molecule has 5 atom stereocenters. The maximum Gasteiger partial charge on any atom is 0.298 e. The number of likely N-dealkylation sites (tertiary alicyclic amines) is 1. The predicted molar refractivity (Wildman–Crippen MR) is 133 cm³/mol. The van der Waals surface area contributed by atoms with Crippen LogP contribution in [0.5, 0.6) is 11.5 Å². The maximum absolute atomic E-state index is 13.2. The van der Waals surface area contributed by atoms with Gasteiger partial charge in [0.15, 0.2) is 11.5 Å². The van der Waals surface area contributed by atoms with Crippen molar-refractivity contribution < 1.29 is 19.6 Å². The second-order valence-electron chi connectivity index (χ2n) is 10.7. The molecule has 36 heavy (non-hydrogen) atoms. The zero-order valence-electron chi connectivity index (χ0n) is 20.7. The Labute approximate surface area is 210 Å². The number of amides is 1.